The second-order valence-corrected chi connectivity index (χ2v) is 9.85. The number of hydrogen-bond acceptors (Lipinski definition) is 5. The van der Waals surface area contributed by atoms with E-state index >= 15 is 0 Å². The SMILES string of the molecule is Cc1ccccc1NS(=O)(=O)c1ccc(C)c(C(=O)Nc2cccc(-c3nccs3)c2)c1. The second-order valence-electron chi connectivity index (χ2n) is 7.27. The molecule has 1 heterocycles. The maximum Gasteiger partial charge on any atom is 0.261 e. The minimum atomic E-state index is -3.85. The van der Waals surface area contributed by atoms with Crippen LogP contribution in [-0.2, 0) is 10.0 Å². The van der Waals surface area contributed by atoms with Crippen molar-refractivity contribution in [1.82, 2.24) is 4.98 Å². The van der Waals surface area contributed by atoms with Crippen LogP contribution >= 0.6 is 11.3 Å². The molecule has 0 aliphatic heterocycles. The summed E-state index contributed by atoms with van der Waals surface area (Å²) in [6, 6.07) is 19.0. The highest BCUT2D eigenvalue weighted by molar-refractivity contribution is 7.92. The van der Waals surface area contributed by atoms with Crippen molar-refractivity contribution in [1.29, 1.82) is 0 Å². The fourth-order valence-corrected chi connectivity index (χ4v) is 4.99. The molecule has 0 spiro atoms. The number of carbonyl (C=O) groups excluding carboxylic acids is 1. The lowest BCUT2D eigenvalue weighted by Crippen LogP contribution is -2.17. The van der Waals surface area contributed by atoms with E-state index in [0.717, 1.165) is 16.1 Å². The molecule has 6 nitrogen and oxygen atoms in total. The predicted octanol–water partition coefficient (Wildman–Crippen LogP) is 5.48. The molecule has 0 fully saturated rings. The molecule has 0 atom stereocenters. The van der Waals surface area contributed by atoms with E-state index in [1.165, 1.54) is 23.5 Å². The number of hydrogen-bond donors (Lipinski definition) is 2. The molecule has 1 amide bonds. The van der Waals surface area contributed by atoms with E-state index in [1.54, 1.807) is 37.4 Å². The number of aromatic nitrogens is 1. The summed E-state index contributed by atoms with van der Waals surface area (Å²) in [5, 5.41) is 5.61. The Morgan fingerprint density at radius 3 is 2.50 bits per heavy atom. The van der Waals surface area contributed by atoms with Crippen molar-refractivity contribution in [2.24, 2.45) is 0 Å². The molecule has 2 N–H and O–H groups in total. The summed E-state index contributed by atoms with van der Waals surface area (Å²) in [6.07, 6.45) is 1.73. The van der Waals surface area contributed by atoms with Crippen molar-refractivity contribution in [2.75, 3.05) is 10.0 Å². The van der Waals surface area contributed by atoms with Gasteiger partial charge in [0.2, 0.25) is 0 Å². The van der Waals surface area contributed by atoms with E-state index in [9.17, 15) is 13.2 Å². The van der Waals surface area contributed by atoms with E-state index < -0.39 is 10.0 Å². The third-order valence-corrected chi connectivity index (χ3v) is 7.14. The third-order valence-electron chi connectivity index (χ3n) is 4.95. The Hall–Kier alpha value is -3.49. The van der Waals surface area contributed by atoms with Crippen LogP contribution in [0.1, 0.15) is 21.5 Å². The monoisotopic (exact) mass is 463 g/mol. The summed E-state index contributed by atoms with van der Waals surface area (Å²) in [5.74, 6) is -0.383. The number of aryl methyl sites for hydroxylation is 2. The number of sulfonamides is 1. The van der Waals surface area contributed by atoms with Crippen LogP contribution < -0.4 is 10.0 Å². The zero-order valence-corrected chi connectivity index (χ0v) is 19.1. The summed E-state index contributed by atoms with van der Waals surface area (Å²) in [6.45, 7) is 3.60. The van der Waals surface area contributed by atoms with Gasteiger partial charge in [-0.3, -0.25) is 9.52 Å². The van der Waals surface area contributed by atoms with Gasteiger partial charge in [-0.25, -0.2) is 13.4 Å². The number of amides is 1. The number of thiazole rings is 1. The molecule has 0 radical (unpaired) electrons. The van der Waals surface area contributed by atoms with Gasteiger partial charge in [0.05, 0.1) is 10.6 Å². The maximum atomic E-state index is 13.0. The number of para-hydroxylation sites is 1. The van der Waals surface area contributed by atoms with Gasteiger partial charge in [-0.1, -0.05) is 36.4 Å². The molecule has 3 aromatic carbocycles. The number of nitrogens with zero attached hydrogens (tertiary/aromatic N) is 1. The van der Waals surface area contributed by atoms with Crippen molar-refractivity contribution in [3.63, 3.8) is 0 Å². The van der Waals surface area contributed by atoms with E-state index in [4.69, 9.17) is 0 Å². The lowest BCUT2D eigenvalue weighted by molar-refractivity contribution is 0.102. The zero-order chi connectivity index (χ0) is 22.7. The largest absolute Gasteiger partial charge is 0.322 e. The van der Waals surface area contributed by atoms with Gasteiger partial charge >= 0.3 is 0 Å². The molecule has 0 bridgehead atoms. The first-order chi connectivity index (χ1) is 15.3. The molecule has 0 aliphatic carbocycles. The number of nitrogens with one attached hydrogen (secondary N) is 2. The molecule has 0 unspecified atom stereocenters. The molecule has 162 valence electrons. The summed E-state index contributed by atoms with van der Waals surface area (Å²) >= 11 is 1.51. The summed E-state index contributed by atoms with van der Waals surface area (Å²) < 4.78 is 28.4. The molecule has 4 aromatic rings. The van der Waals surface area contributed by atoms with Crippen molar-refractivity contribution < 1.29 is 13.2 Å². The molecular weight excluding hydrogens is 442 g/mol. The molecular formula is C24H21N3O3S2. The average Bonchev–Trinajstić information content (AvgIpc) is 3.30. The van der Waals surface area contributed by atoms with Gasteiger partial charge < -0.3 is 5.32 Å². The van der Waals surface area contributed by atoms with Crippen LogP contribution in [0, 0.1) is 13.8 Å². The number of rotatable bonds is 6. The van der Waals surface area contributed by atoms with E-state index in [1.807, 2.05) is 42.6 Å². The number of benzene rings is 3. The van der Waals surface area contributed by atoms with Gasteiger partial charge in [0.15, 0.2) is 0 Å². The van der Waals surface area contributed by atoms with Crippen molar-refractivity contribution >= 4 is 38.6 Å². The number of anilines is 2. The van der Waals surface area contributed by atoms with E-state index in [2.05, 4.69) is 15.0 Å². The first-order valence-corrected chi connectivity index (χ1v) is 12.2. The minimum Gasteiger partial charge on any atom is -0.322 e. The van der Waals surface area contributed by atoms with Gasteiger partial charge in [-0.2, -0.15) is 0 Å². The Kier molecular flexibility index (Phi) is 6.07. The fourth-order valence-electron chi connectivity index (χ4n) is 3.20. The van der Waals surface area contributed by atoms with Crippen LogP contribution in [0.3, 0.4) is 0 Å². The Morgan fingerprint density at radius 2 is 1.75 bits per heavy atom. The van der Waals surface area contributed by atoms with Gasteiger partial charge in [0.25, 0.3) is 15.9 Å². The standard InChI is InChI=1S/C24H21N3O3S2/c1-16-10-11-20(32(29,30)27-22-9-4-3-6-17(22)2)15-21(16)23(28)26-19-8-5-7-18(14-19)24-25-12-13-31-24/h3-15,27H,1-2H3,(H,26,28). The molecule has 0 saturated heterocycles. The summed E-state index contributed by atoms with van der Waals surface area (Å²) in [7, 11) is -3.85. The van der Waals surface area contributed by atoms with Crippen molar-refractivity contribution in [3.05, 3.63) is 95.0 Å². The lowest BCUT2D eigenvalue weighted by Gasteiger charge is -2.13. The minimum absolute atomic E-state index is 0.0213. The number of carbonyl (C=O) groups is 1. The topological polar surface area (TPSA) is 88.2 Å². The van der Waals surface area contributed by atoms with Crippen LogP contribution in [0.4, 0.5) is 11.4 Å². The van der Waals surface area contributed by atoms with Crippen LogP contribution in [0.15, 0.2) is 83.2 Å². The first-order valence-electron chi connectivity index (χ1n) is 9.84. The Labute approximate surface area is 191 Å². The molecule has 4 rings (SSSR count). The smallest absolute Gasteiger partial charge is 0.261 e. The highest BCUT2D eigenvalue weighted by atomic mass is 32.2. The summed E-state index contributed by atoms with van der Waals surface area (Å²) in [5.41, 5.74) is 3.77. The van der Waals surface area contributed by atoms with E-state index in [0.29, 0.717) is 16.9 Å². The average molecular weight is 464 g/mol. The molecule has 0 saturated carbocycles. The highest BCUT2D eigenvalue weighted by Gasteiger charge is 2.19. The van der Waals surface area contributed by atoms with E-state index in [-0.39, 0.29) is 16.4 Å². The highest BCUT2D eigenvalue weighted by Crippen LogP contribution is 2.26. The molecule has 1 aromatic heterocycles. The third kappa shape index (κ3) is 4.71. The first kappa shape index (κ1) is 21.7. The molecule has 32 heavy (non-hydrogen) atoms. The lowest BCUT2D eigenvalue weighted by atomic mass is 10.1. The Morgan fingerprint density at radius 1 is 0.938 bits per heavy atom. The van der Waals surface area contributed by atoms with Gasteiger partial charge in [0.1, 0.15) is 5.01 Å². The normalized spacial score (nSPS) is 11.2. The predicted molar refractivity (Wildman–Crippen MR) is 129 cm³/mol. The van der Waals surface area contributed by atoms with Crippen molar-refractivity contribution in [2.45, 2.75) is 18.7 Å². The summed E-state index contributed by atoms with van der Waals surface area (Å²) in [4.78, 5) is 17.3. The van der Waals surface area contributed by atoms with Crippen molar-refractivity contribution in [3.8, 4) is 10.6 Å². The zero-order valence-electron chi connectivity index (χ0n) is 17.5. The molecule has 8 heteroatoms. The Bertz CT molecular complexity index is 1380. The fraction of sp³-hybridized carbons (Fsp3) is 0.0833. The van der Waals surface area contributed by atoms with Gasteiger partial charge in [-0.15, -0.1) is 11.3 Å². The van der Waals surface area contributed by atoms with Gasteiger partial charge in [-0.05, 0) is 55.3 Å². The second kappa shape index (κ2) is 8.94. The van der Waals surface area contributed by atoms with Crippen LogP contribution in [0.2, 0.25) is 0 Å². The van der Waals surface area contributed by atoms with Crippen LogP contribution in [-0.4, -0.2) is 19.3 Å². The van der Waals surface area contributed by atoms with Crippen LogP contribution in [0.5, 0.6) is 0 Å². The van der Waals surface area contributed by atoms with Crippen LogP contribution in [0.25, 0.3) is 10.6 Å². The van der Waals surface area contributed by atoms with Gasteiger partial charge in [0, 0.05) is 28.4 Å². The quantitative estimate of drug-likeness (QED) is 0.396. The Balaban J connectivity index is 1.59. The maximum absolute atomic E-state index is 13.0. The molecule has 0 aliphatic rings.